The molecule has 96 valence electrons. The van der Waals surface area contributed by atoms with Gasteiger partial charge in [-0.05, 0) is 35.3 Å². The van der Waals surface area contributed by atoms with Gasteiger partial charge in [-0.2, -0.15) is 0 Å². The Hall–Kier alpha value is -0.460. The molecular weight excluding hydrogens is 304 g/mol. The first-order valence-corrected chi connectivity index (χ1v) is 7.86. The second-order valence-corrected chi connectivity index (χ2v) is 6.63. The van der Waals surface area contributed by atoms with E-state index in [1.54, 1.807) is 12.3 Å². The second kappa shape index (κ2) is 6.47. The summed E-state index contributed by atoms with van der Waals surface area (Å²) in [5.41, 5.74) is 0. The molecule has 0 saturated carbocycles. The van der Waals surface area contributed by atoms with Crippen LogP contribution in [0.3, 0.4) is 0 Å². The van der Waals surface area contributed by atoms with Crippen LogP contribution in [-0.2, 0) is 10.0 Å². The molecular formula is C11H17BrN2O2S. The van der Waals surface area contributed by atoms with Crippen molar-refractivity contribution in [1.29, 1.82) is 0 Å². The summed E-state index contributed by atoms with van der Waals surface area (Å²) in [5, 5.41) is 0. The van der Waals surface area contributed by atoms with E-state index in [9.17, 15) is 8.42 Å². The van der Waals surface area contributed by atoms with Gasteiger partial charge >= 0.3 is 0 Å². The molecule has 4 nitrogen and oxygen atoms in total. The monoisotopic (exact) mass is 320 g/mol. The molecule has 1 rings (SSSR count). The van der Waals surface area contributed by atoms with Gasteiger partial charge < -0.3 is 0 Å². The number of unbranched alkanes of at least 4 members (excludes halogenated alkanes) is 1. The molecule has 1 heterocycles. The number of nitrogens with one attached hydrogen (secondary N) is 1. The molecule has 0 aliphatic rings. The Morgan fingerprint density at radius 3 is 2.76 bits per heavy atom. The molecule has 1 N–H and O–H groups in total. The van der Waals surface area contributed by atoms with Crippen molar-refractivity contribution in [3.8, 4) is 0 Å². The highest BCUT2D eigenvalue weighted by molar-refractivity contribution is 9.10. The summed E-state index contributed by atoms with van der Waals surface area (Å²) < 4.78 is 27.3. The summed E-state index contributed by atoms with van der Waals surface area (Å²) in [7, 11) is -3.45. The number of pyridine rings is 1. The zero-order valence-corrected chi connectivity index (χ0v) is 12.4. The van der Waals surface area contributed by atoms with E-state index in [4.69, 9.17) is 0 Å². The second-order valence-electron chi connectivity index (χ2n) is 4.00. The van der Waals surface area contributed by atoms with Gasteiger partial charge in [0.25, 0.3) is 0 Å². The van der Waals surface area contributed by atoms with Gasteiger partial charge in [-0.15, -0.1) is 0 Å². The summed E-state index contributed by atoms with van der Waals surface area (Å²) >= 11 is 3.21. The Bertz CT molecular complexity index is 462. The maximum absolute atomic E-state index is 12.0. The van der Waals surface area contributed by atoms with Crippen molar-refractivity contribution >= 4 is 26.0 Å². The fourth-order valence-electron chi connectivity index (χ4n) is 1.44. The summed E-state index contributed by atoms with van der Waals surface area (Å²) in [6.07, 6.45) is 5.82. The first kappa shape index (κ1) is 14.6. The maximum atomic E-state index is 12.0. The van der Waals surface area contributed by atoms with Crippen LogP contribution in [0, 0.1) is 0 Å². The number of hydrogen-bond acceptors (Lipinski definition) is 3. The first-order valence-electron chi connectivity index (χ1n) is 5.58. The Kier molecular flexibility index (Phi) is 5.55. The molecule has 0 bridgehead atoms. The van der Waals surface area contributed by atoms with Gasteiger partial charge in [-0.3, -0.25) is 4.98 Å². The molecule has 1 aromatic heterocycles. The number of hydrogen-bond donors (Lipinski definition) is 1. The number of rotatable bonds is 6. The van der Waals surface area contributed by atoms with Gasteiger partial charge in [0.15, 0.2) is 0 Å². The Balaban J connectivity index is 2.75. The summed E-state index contributed by atoms with van der Waals surface area (Å²) in [4.78, 5) is 4.04. The van der Waals surface area contributed by atoms with Crippen molar-refractivity contribution in [3.63, 3.8) is 0 Å². The van der Waals surface area contributed by atoms with Gasteiger partial charge in [0.05, 0.1) is 0 Å². The highest BCUT2D eigenvalue weighted by Gasteiger charge is 2.17. The van der Waals surface area contributed by atoms with Crippen LogP contribution >= 0.6 is 15.9 Å². The van der Waals surface area contributed by atoms with Crippen LogP contribution < -0.4 is 4.72 Å². The van der Waals surface area contributed by atoms with Crippen molar-refractivity contribution in [3.05, 3.63) is 22.9 Å². The third-order valence-corrected chi connectivity index (χ3v) is 4.33. The fourth-order valence-corrected chi connectivity index (χ4v) is 3.22. The van der Waals surface area contributed by atoms with Gasteiger partial charge in [0.1, 0.15) is 4.90 Å². The zero-order chi connectivity index (χ0) is 12.9. The predicted molar refractivity (Wildman–Crippen MR) is 71.2 cm³/mol. The molecule has 0 spiro atoms. The van der Waals surface area contributed by atoms with Crippen molar-refractivity contribution in [2.75, 3.05) is 0 Å². The largest absolute Gasteiger partial charge is 0.262 e. The van der Waals surface area contributed by atoms with Crippen molar-refractivity contribution in [2.24, 2.45) is 0 Å². The average Bonchev–Trinajstić information content (AvgIpc) is 2.26. The lowest BCUT2D eigenvalue weighted by molar-refractivity contribution is 0.534. The van der Waals surface area contributed by atoms with Crippen molar-refractivity contribution in [1.82, 2.24) is 9.71 Å². The van der Waals surface area contributed by atoms with E-state index in [0.717, 1.165) is 19.3 Å². The van der Waals surface area contributed by atoms with E-state index >= 15 is 0 Å². The Morgan fingerprint density at radius 2 is 2.18 bits per heavy atom. The van der Waals surface area contributed by atoms with Crippen molar-refractivity contribution in [2.45, 2.75) is 44.0 Å². The lowest BCUT2D eigenvalue weighted by Crippen LogP contribution is -2.32. The van der Waals surface area contributed by atoms with Gasteiger partial charge in [-0.1, -0.05) is 19.8 Å². The highest BCUT2D eigenvalue weighted by atomic mass is 79.9. The molecule has 0 amide bonds. The van der Waals surface area contributed by atoms with E-state index in [-0.39, 0.29) is 10.9 Å². The molecule has 1 atom stereocenters. The van der Waals surface area contributed by atoms with Gasteiger partial charge in [-0.25, -0.2) is 13.1 Å². The van der Waals surface area contributed by atoms with Crippen LogP contribution in [0.15, 0.2) is 27.8 Å². The molecule has 0 aliphatic heterocycles. The normalized spacial score (nSPS) is 13.6. The van der Waals surface area contributed by atoms with E-state index in [2.05, 4.69) is 32.6 Å². The molecule has 0 aliphatic carbocycles. The van der Waals surface area contributed by atoms with Gasteiger partial charge in [0, 0.05) is 22.9 Å². The smallest absolute Gasteiger partial charge is 0.242 e. The summed E-state index contributed by atoms with van der Waals surface area (Å²) in [5.74, 6) is 0. The van der Waals surface area contributed by atoms with Crippen LogP contribution in [0.2, 0.25) is 0 Å². The zero-order valence-electron chi connectivity index (χ0n) is 9.98. The van der Waals surface area contributed by atoms with Crippen LogP contribution in [0.1, 0.15) is 33.1 Å². The molecule has 0 fully saturated rings. The first-order chi connectivity index (χ1) is 7.95. The minimum atomic E-state index is -3.45. The van der Waals surface area contributed by atoms with Crippen LogP contribution in [0.25, 0.3) is 0 Å². The Labute approximate surface area is 111 Å². The van der Waals surface area contributed by atoms with Crippen LogP contribution in [-0.4, -0.2) is 19.4 Å². The van der Waals surface area contributed by atoms with Crippen molar-refractivity contribution < 1.29 is 8.42 Å². The third kappa shape index (κ3) is 4.73. The Morgan fingerprint density at radius 1 is 1.47 bits per heavy atom. The third-order valence-electron chi connectivity index (χ3n) is 2.34. The standard InChI is InChI=1S/C11H17BrN2O2S/c1-3-4-5-9(2)14-17(15,16)11-6-10(12)7-13-8-11/h6-9,14H,3-5H2,1-2H3. The summed E-state index contributed by atoms with van der Waals surface area (Å²) in [6.45, 7) is 3.96. The van der Waals surface area contributed by atoms with Crippen LogP contribution in [0.5, 0.6) is 0 Å². The molecule has 0 radical (unpaired) electrons. The molecule has 0 saturated heterocycles. The maximum Gasteiger partial charge on any atom is 0.242 e. The molecule has 17 heavy (non-hydrogen) atoms. The van der Waals surface area contributed by atoms with Crippen LogP contribution in [0.4, 0.5) is 0 Å². The molecule has 1 aromatic rings. The number of nitrogens with zero attached hydrogens (tertiary/aromatic N) is 1. The van der Waals surface area contributed by atoms with E-state index < -0.39 is 10.0 Å². The fraction of sp³-hybridized carbons (Fsp3) is 0.545. The minimum absolute atomic E-state index is 0.0565. The predicted octanol–water partition coefficient (Wildman–Crippen LogP) is 2.70. The molecule has 0 aromatic carbocycles. The van der Waals surface area contributed by atoms with Gasteiger partial charge in [0.2, 0.25) is 10.0 Å². The lowest BCUT2D eigenvalue weighted by Gasteiger charge is -2.13. The quantitative estimate of drug-likeness (QED) is 0.876. The number of halogens is 1. The lowest BCUT2D eigenvalue weighted by atomic mass is 10.2. The topological polar surface area (TPSA) is 59.1 Å². The minimum Gasteiger partial charge on any atom is -0.262 e. The molecule has 1 unspecified atom stereocenters. The average molecular weight is 321 g/mol. The van der Waals surface area contributed by atoms with E-state index in [0.29, 0.717) is 4.47 Å². The number of aromatic nitrogens is 1. The van der Waals surface area contributed by atoms with E-state index in [1.165, 1.54) is 6.20 Å². The summed E-state index contributed by atoms with van der Waals surface area (Å²) in [6, 6.07) is 1.49. The SMILES string of the molecule is CCCCC(C)NS(=O)(=O)c1cncc(Br)c1. The van der Waals surface area contributed by atoms with E-state index in [1.807, 2.05) is 6.92 Å². The highest BCUT2D eigenvalue weighted by Crippen LogP contribution is 2.15. The molecule has 6 heteroatoms. The number of sulfonamides is 1.